The summed E-state index contributed by atoms with van der Waals surface area (Å²) in [6, 6.07) is 24.1. The van der Waals surface area contributed by atoms with E-state index in [0.717, 1.165) is 43.7 Å². The molecule has 0 N–H and O–H groups in total. The van der Waals surface area contributed by atoms with Crippen molar-refractivity contribution in [3.8, 4) is 10.6 Å². The van der Waals surface area contributed by atoms with Gasteiger partial charge in [-0.05, 0) is 49.2 Å². The molecular weight excluding hydrogens is 420 g/mol. The highest BCUT2D eigenvalue weighted by Gasteiger charge is 2.62. The molecule has 2 aliphatic carbocycles. The number of carbonyl (C=O) groups excluding carboxylic acids is 1. The molecule has 4 nitrogen and oxygen atoms in total. The molecule has 4 aromatic rings. The standard InChI is InChI=1S/C27H21O4S/c28-24-18-5-1-3-7-22(18)32(23-8-4-2-6-19(23)24)17-11-9-16(10-12-17)30-25-15-13-20-21(14-15)27(29)31-26(20)25/h1-12,15,20-21,25-26H,13-14H2/q+1. The smallest absolute Gasteiger partial charge is 0.309 e. The molecule has 3 fully saturated rings. The molecular formula is C27H21O4S+. The van der Waals surface area contributed by atoms with Crippen molar-refractivity contribution in [2.45, 2.75) is 25.0 Å². The molecule has 7 rings (SSSR count). The van der Waals surface area contributed by atoms with Crippen LogP contribution in [-0.4, -0.2) is 18.2 Å². The molecule has 0 amide bonds. The maximum Gasteiger partial charge on any atom is 0.309 e. The number of benzene rings is 3. The van der Waals surface area contributed by atoms with Crippen molar-refractivity contribution in [3.63, 3.8) is 0 Å². The third-order valence-corrected chi connectivity index (χ3v) is 9.78. The van der Waals surface area contributed by atoms with Crippen LogP contribution in [0.3, 0.4) is 0 Å². The van der Waals surface area contributed by atoms with Crippen molar-refractivity contribution in [2.75, 3.05) is 0 Å². The first-order valence-electron chi connectivity index (χ1n) is 11.1. The molecule has 32 heavy (non-hydrogen) atoms. The Morgan fingerprint density at radius 2 is 1.47 bits per heavy atom. The van der Waals surface area contributed by atoms with Gasteiger partial charge >= 0.3 is 5.97 Å². The predicted molar refractivity (Wildman–Crippen MR) is 126 cm³/mol. The highest BCUT2D eigenvalue weighted by molar-refractivity contribution is 7.49. The Bertz CT molecular complexity index is 1390. The van der Waals surface area contributed by atoms with Crippen molar-refractivity contribution in [2.24, 2.45) is 17.8 Å². The van der Waals surface area contributed by atoms with Gasteiger partial charge in [-0.25, -0.2) is 0 Å². The fraction of sp³-hybridized carbons (Fsp3) is 0.259. The van der Waals surface area contributed by atoms with Crippen molar-refractivity contribution < 1.29 is 14.3 Å². The van der Waals surface area contributed by atoms with Gasteiger partial charge in [-0.2, -0.15) is 0 Å². The summed E-state index contributed by atoms with van der Waals surface area (Å²) in [5.41, 5.74) is 0.0978. The maximum absolute atomic E-state index is 13.0. The summed E-state index contributed by atoms with van der Waals surface area (Å²) in [7, 11) is -0.345. The Morgan fingerprint density at radius 3 is 2.16 bits per heavy atom. The van der Waals surface area contributed by atoms with E-state index in [1.165, 1.54) is 0 Å². The first-order chi connectivity index (χ1) is 15.7. The average molecular weight is 442 g/mol. The van der Waals surface area contributed by atoms with Gasteiger partial charge < -0.3 is 9.47 Å². The summed E-state index contributed by atoms with van der Waals surface area (Å²) in [5, 5.41) is 1.57. The third kappa shape index (κ3) is 2.49. The number of esters is 1. The molecule has 0 spiro atoms. The number of ether oxygens (including phenoxy) is 2. The minimum absolute atomic E-state index is 0.0330. The number of fused-ring (bicyclic) bond motifs is 3. The van der Waals surface area contributed by atoms with E-state index in [4.69, 9.17) is 9.47 Å². The lowest BCUT2D eigenvalue weighted by Crippen LogP contribution is -2.36. The van der Waals surface area contributed by atoms with E-state index < -0.39 is 0 Å². The van der Waals surface area contributed by atoms with Crippen molar-refractivity contribution >= 4 is 36.6 Å². The predicted octanol–water partition coefficient (Wildman–Crippen LogP) is 5.42. The van der Waals surface area contributed by atoms with Crippen LogP contribution in [0.15, 0.2) is 77.6 Å². The zero-order chi connectivity index (χ0) is 21.4. The number of carbonyl (C=O) groups is 1. The van der Waals surface area contributed by atoms with Gasteiger partial charge in [0.05, 0.1) is 16.7 Å². The first-order valence-corrected chi connectivity index (χ1v) is 12.4. The van der Waals surface area contributed by atoms with Gasteiger partial charge in [0, 0.05) is 34.4 Å². The van der Waals surface area contributed by atoms with Gasteiger partial charge in [0.1, 0.15) is 18.0 Å². The lowest BCUT2D eigenvalue weighted by molar-refractivity contribution is -0.145. The monoisotopic (exact) mass is 441 g/mol. The van der Waals surface area contributed by atoms with Gasteiger partial charge in [0.2, 0.25) is 5.43 Å². The zero-order valence-electron chi connectivity index (χ0n) is 17.3. The van der Waals surface area contributed by atoms with Crippen LogP contribution in [-0.2, 0) is 9.53 Å². The van der Waals surface area contributed by atoms with E-state index >= 15 is 0 Å². The summed E-state index contributed by atoms with van der Waals surface area (Å²) in [6.07, 6.45) is 1.81. The summed E-state index contributed by atoms with van der Waals surface area (Å²) in [5.74, 6) is 1.62. The fourth-order valence-electron chi connectivity index (χ4n) is 6.06. The Hall–Kier alpha value is -3.18. The Balaban J connectivity index is 1.28. The molecule has 2 heterocycles. The molecule has 3 aliphatic rings. The van der Waals surface area contributed by atoms with E-state index in [-0.39, 0.29) is 40.0 Å². The molecule has 158 valence electrons. The van der Waals surface area contributed by atoms with E-state index in [2.05, 4.69) is 24.3 Å². The number of rotatable bonds is 3. The lowest BCUT2D eigenvalue weighted by atomic mass is 9.88. The summed E-state index contributed by atoms with van der Waals surface area (Å²) in [4.78, 5) is 26.2. The maximum atomic E-state index is 13.0. The summed E-state index contributed by atoms with van der Waals surface area (Å²) >= 11 is 0. The van der Waals surface area contributed by atoms with Crippen LogP contribution < -0.4 is 10.2 Å². The van der Waals surface area contributed by atoms with Crippen LogP contribution >= 0.6 is 10.5 Å². The third-order valence-electron chi connectivity index (χ3n) is 7.45. The van der Waals surface area contributed by atoms with Gasteiger partial charge in [-0.15, -0.1) is 0 Å². The zero-order valence-corrected chi connectivity index (χ0v) is 18.1. The summed E-state index contributed by atoms with van der Waals surface area (Å²) in [6.45, 7) is 0. The molecule has 5 heteroatoms. The van der Waals surface area contributed by atoms with Crippen LogP contribution in [0.4, 0.5) is 0 Å². The van der Waals surface area contributed by atoms with E-state index in [1.807, 2.05) is 48.5 Å². The Labute approximate surface area is 187 Å². The Kier molecular flexibility index (Phi) is 3.83. The van der Waals surface area contributed by atoms with Gasteiger partial charge in [-0.3, -0.25) is 9.59 Å². The van der Waals surface area contributed by atoms with Crippen molar-refractivity contribution in [3.05, 3.63) is 83.0 Å². The molecule has 3 aromatic carbocycles. The van der Waals surface area contributed by atoms with E-state index in [9.17, 15) is 9.59 Å². The largest absolute Gasteiger partial charge is 0.486 e. The van der Waals surface area contributed by atoms with Crippen LogP contribution in [0.1, 0.15) is 12.8 Å². The first kappa shape index (κ1) is 18.4. The molecule has 2 bridgehead atoms. The minimum atomic E-state index is -0.345. The van der Waals surface area contributed by atoms with E-state index in [0.29, 0.717) is 11.8 Å². The molecule has 0 radical (unpaired) electrons. The van der Waals surface area contributed by atoms with Gasteiger partial charge in [0.25, 0.3) is 0 Å². The average Bonchev–Trinajstić information content (AvgIpc) is 3.46. The second-order valence-corrected chi connectivity index (χ2v) is 11.0. The number of hydrogen-bond donors (Lipinski definition) is 0. The van der Waals surface area contributed by atoms with Crippen LogP contribution in [0.2, 0.25) is 0 Å². The molecule has 1 aliphatic heterocycles. The lowest BCUT2D eigenvalue weighted by Gasteiger charge is -2.26. The van der Waals surface area contributed by atoms with E-state index in [1.54, 1.807) is 0 Å². The van der Waals surface area contributed by atoms with Crippen LogP contribution in [0, 0.1) is 17.8 Å². The Morgan fingerprint density at radius 1 is 0.812 bits per heavy atom. The van der Waals surface area contributed by atoms with Gasteiger partial charge in [-0.1, -0.05) is 24.3 Å². The molecule has 2 saturated carbocycles. The summed E-state index contributed by atoms with van der Waals surface area (Å²) < 4.78 is 14.1. The quantitative estimate of drug-likeness (QED) is 0.242. The van der Waals surface area contributed by atoms with Crippen molar-refractivity contribution in [1.82, 2.24) is 0 Å². The second-order valence-electron chi connectivity index (χ2n) is 9.08. The molecule has 1 saturated heterocycles. The van der Waals surface area contributed by atoms with Crippen LogP contribution in [0.5, 0.6) is 5.75 Å². The normalized spacial score (nSPS) is 27.9. The van der Waals surface area contributed by atoms with Crippen molar-refractivity contribution in [1.29, 1.82) is 0 Å². The SMILES string of the molecule is O=C1OC2C3CC(CC13)C2Oc1ccc(-[s+]2c3ccccc3c(=O)c3ccccc32)cc1. The molecule has 5 unspecified atom stereocenters. The highest BCUT2D eigenvalue weighted by atomic mass is 32.2. The van der Waals surface area contributed by atoms with Gasteiger partial charge in [0.15, 0.2) is 14.3 Å². The number of hydrogen-bond acceptors (Lipinski definition) is 4. The molecule has 5 atom stereocenters. The minimum Gasteiger partial charge on any atom is -0.486 e. The topological polar surface area (TPSA) is 52.6 Å². The molecule has 1 aromatic heterocycles. The fourth-order valence-corrected chi connectivity index (χ4v) is 8.40. The second kappa shape index (κ2) is 6.66. The highest BCUT2D eigenvalue weighted by Crippen LogP contribution is 2.55. The van der Waals surface area contributed by atoms with Crippen LogP contribution in [0.25, 0.3) is 25.1 Å².